The number of hydrogen-bond acceptors (Lipinski definition) is 4. The van der Waals surface area contributed by atoms with Crippen LogP contribution in [0.2, 0.25) is 0 Å². The Balaban J connectivity index is 2.08. The molecule has 0 aliphatic carbocycles. The molecular formula is C14H23ClN2OS. The number of alkyl halides is 1. The Labute approximate surface area is 124 Å². The van der Waals surface area contributed by atoms with Crippen LogP contribution in [0.15, 0.2) is 5.38 Å². The minimum atomic E-state index is -0.503. The molecule has 1 aliphatic rings. The molecule has 1 aliphatic heterocycles. The summed E-state index contributed by atoms with van der Waals surface area (Å²) >= 11 is 7.54. The molecule has 2 rings (SSSR count). The Morgan fingerprint density at radius 3 is 2.95 bits per heavy atom. The van der Waals surface area contributed by atoms with Gasteiger partial charge in [0.1, 0.15) is 5.01 Å². The molecule has 2 atom stereocenters. The molecule has 0 radical (unpaired) electrons. The van der Waals surface area contributed by atoms with Gasteiger partial charge in [0, 0.05) is 11.9 Å². The van der Waals surface area contributed by atoms with E-state index in [1.807, 2.05) is 6.92 Å². The van der Waals surface area contributed by atoms with Gasteiger partial charge in [0.25, 0.3) is 0 Å². The minimum Gasteiger partial charge on any atom is -0.390 e. The normalized spacial score (nSPS) is 27.2. The van der Waals surface area contributed by atoms with Gasteiger partial charge in [-0.25, -0.2) is 4.98 Å². The van der Waals surface area contributed by atoms with Crippen molar-refractivity contribution >= 4 is 22.9 Å². The Hall–Kier alpha value is -0.160. The summed E-state index contributed by atoms with van der Waals surface area (Å²) < 4.78 is 0. The van der Waals surface area contributed by atoms with Gasteiger partial charge in [-0.2, -0.15) is 0 Å². The van der Waals surface area contributed by atoms with Gasteiger partial charge in [0.15, 0.2) is 0 Å². The zero-order valence-corrected chi connectivity index (χ0v) is 13.3. The lowest BCUT2D eigenvalue weighted by atomic mass is 9.98. The van der Waals surface area contributed by atoms with Gasteiger partial charge in [-0.15, -0.1) is 22.9 Å². The van der Waals surface area contributed by atoms with E-state index in [1.165, 1.54) is 5.01 Å². The first-order valence-corrected chi connectivity index (χ1v) is 8.44. The number of nitrogens with zero attached hydrogens (tertiary/aromatic N) is 2. The van der Waals surface area contributed by atoms with Crippen LogP contribution in [-0.2, 0) is 5.88 Å². The molecule has 2 unspecified atom stereocenters. The number of aromatic nitrogens is 1. The predicted octanol–water partition coefficient (Wildman–Crippen LogP) is 3.57. The van der Waals surface area contributed by atoms with Crippen molar-refractivity contribution in [2.24, 2.45) is 0 Å². The van der Waals surface area contributed by atoms with Crippen molar-refractivity contribution in [3.63, 3.8) is 0 Å². The molecule has 3 nitrogen and oxygen atoms in total. The molecule has 0 saturated carbocycles. The van der Waals surface area contributed by atoms with Gasteiger partial charge in [0.05, 0.1) is 23.2 Å². The Bertz CT molecular complexity index is 408. The minimum absolute atomic E-state index is 0.371. The summed E-state index contributed by atoms with van der Waals surface area (Å²) in [7, 11) is 0. The first-order valence-electron chi connectivity index (χ1n) is 7.02. The molecular weight excluding hydrogens is 280 g/mol. The lowest BCUT2D eigenvalue weighted by Gasteiger charge is -2.28. The van der Waals surface area contributed by atoms with Crippen LogP contribution in [0.3, 0.4) is 0 Å². The van der Waals surface area contributed by atoms with Crippen molar-refractivity contribution < 1.29 is 5.11 Å². The maximum absolute atomic E-state index is 10.2. The van der Waals surface area contributed by atoms with Crippen LogP contribution in [0.5, 0.6) is 0 Å². The van der Waals surface area contributed by atoms with E-state index in [2.05, 4.69) is 22.2 Å². The Morgan fingerprint density at radius 2 is 2.32 bits per heavy atom. The second-order valence-electron chi connectivity index (χ2n) is 5.62. The molecule has 108 valence electrons. The van der Waals surface area contributed by atoms with Crippen molar-refractivity contribution in [1.82, 2.24) is 9.88 Å². The highest BCUT2D eigenvalue weighted by Gasteiger charge is 2.29. The molecule has 1 fully saturated rings. The molecule has 0 spiro atoms. The van der Waals surface area contributed by atoms with Crippen molar-refractivity contribution in [3.05, 3.63) is 16.1 Å². The zero-order chi connectivity index (χ0) is 13.9. The molecule has 1 N–H and O–H groups in total. The fraction of sp³-hybridized carbons (Fsp3) is 0.786. The van der Waals surface area contributed by atoms with E-state index in [-0.39, 0.29) is 0 Å². The summed E-state index contributed by atoms with van der Waals surface area (Å²) in [6.45, 7) is 6.15. The summed E-state index contributed by atoms with van der Waals surface area (Å²) in [5.41, 5.74) is 0.471. The highest BCUT2D eigenvalue weighted by molar-refractivity contribution is 7.09. The van der Waals surface area contributed by atoms with Crippen LogP contribution in [0.25, 0.3) is 0 Å². The smallest absolute Gasteiger partial charge is 0.110 e. The van der Waals surface area contributed by atoms with E-state index >= 15 is 0 Å². The molecule has 2 heterocycles. The van der Waals surface area contributed by atoms with Crippen LogP contribution in [0.1, 0.15) is 56.3 Å². The molecule has 1 aromatic heterocycles. The van der Waals surface area contributed by atoms with E-state index < -0.39 is 5.60 Å². The van der Waals surface area contributed by atoms with Crippen molar-refractivity contribution in [1.29, 1.82) is 0 Å². The molecule has 0 bridgehead atoms. The van der Waals surface area contributed by atoms with Gasteiger partial charge in [0.2, 0.25) is 0 Å². The summed E-state index contributed by atoms with van der Waals surface area (Å²) in [5.74, 6) is 0.488. The molecule has 0 aromatic carbocycles. The number of halogens is 1. The summed E-state index contributed by atoms with van der Waals surface area (Å²) in [6.07, 6.45) is 3.84. The monoisotopic (exact) mass is 302 g/mol. The van der Waals surface area contributed by atoms with Crippen LogP contribution >= 0.6 is 22.9 Å². The van der Waals surface area contributed by atoms with E-state index in [4.69, 9.17) is 11.6 Å². The van der Waals surface area contributed by atoms with Gasteiger partial charge >= 0.3 is 0 Å². The van der Waals surface area contributed by atoms with E-state index in [0.29, 0.717) is 11.9 Å². The Morgan fingerprint density at radius 1 is 1.53 bits per heavy atom. The summed E-state index contributed by atoms with van der Waals surface area (Å²) in [5, 5.41) is 13.4. The maximum Gasteiger partial charge on any atom is 0.110 e. The van der Waals surface area contributed by atoms with E-state index in [0.717, 1.165) is 44.5 Å². The number of likely N-dealkylation sites (tertiary alicyclic amines) is 1. The van der Waals surface area contributed by atoms with E-state index in [9.17, 15) is 5.11 Å². The fourth-order valence-corrected chi connectivity index (χ4v) is 3.99. The third-order valence-electron chi connectivity index (χ3n) is 3.92. The first kappa shape index (κ1) is 15.2. The average Bonchev–Trinajstić information content (AvgIpc) is 2.77. The van der Waals surface area contributed by atoms with E-state index in [1.54, 1.807) is 11.3 Å². The number of rotatable bonds is 4. The highest BCUT2D eigenvalue weighted by Crippen LogP contribution is 2.31. The summed E-state index contributed by atoms with van der Waals surface area (Å²) in [6, 6.07) is 0.371. The third-order valence-corrected chi connectivity index (χ3v) is 5.19. The first-order chi connectivity index (χ1) is 9.05. The number of aliphatic hydroxyl groups is 1. The quantitative estimate of drug-likeness (QED) is 0.864. The zero-order valence-electron chi connectivity index (χ0n) is 11.7. The van der Waals surface area contributed by atoms with Gasteiger partial charge < -0.3 is 5.11 Å². The Kier molecular flexibility index (Phi) is 5.23. The predicted molar refractivity (Wildman–Crippen MR) is 80.8 cm³/mol. The molecule has 1 aromatic rings. The number of hydrogen-bond donors (Lipinski definition) is 1. The van der Waals surface area contributed by atoms with Crippen molar-refractivity contribution in [3.8, 4) is 0 Å². The largest absolute Gasteiger partial charge is 0.390 e. The highest BCUT2D eigenvalue weighted by atomic mass is 35.5. The van der Waals surface area contributed by atoms with Crippen molar-refractivity contribution in [2.75, 3.05) is 13.1 Å². The van der Waals surface area contributed by atoms with Crippen molar-refractivity contribution in [2.45, 2.75) is 57.1 Å². The standard InChI is InChI=1S/C14H23ClN2OS/c1-3-12(13-16-11(9-15)10-19-13)17-7-4-5-14(2,18)6-8-17/h10,12,18H,3-9H2,1-2H3. The average molecular weight is 303 g/mol. The second kappa shape index (κ2) is 6.53. The van der Waals surface area contributed by atoms with Gasteiger partial charge in [-0.1, -0.05) is 6.92 Å². The maximum atomic E-state index is 10.2. The topological polar surface area (TPSA) is 36.4 Å². The van der Waals surface area contributed by atoms with Crippen LogP contribution in [0.4, 0.5) is 0 Å². The van der Waals surface area contributed by atoms with Gasteiger partial charge in [-0.05, 0) is 39.2 Å². The molecule has 19 heavy (non-hydrogen) atoms. The number of thiazole rings is 1. The SMILES string of the molecule is CCC(c1nc(CCl)cs1)N1CCCC(C)(O)CC1. The third kappa shape index (κ3) is 3.91. The van der Waals surface area contributed by atoms with Crippen LogP contribution < -0.4 is 0 Å². The van der Waals surface area contributed by atoms with Gasteiger partial charge in [-0.3, -0.25) is 4.90 Å². The molecule has 0 amide bonds. The van der Waals surface area contributed by atoms with Crippen LogP contribution in [-0.4, -0.2) is 33.7 Å². The molecule has 1 saturated heterocycles. The fourth-order valence-electron chi connectivity index (χ4n) is 2.72. The second-order valence-corrected chi connectivity index (χ2v) is 6.78. The summed E-state index contributed by atoms with van der Waals surface area (Å²) in [4.78, 5) is 7.10. The lowest BCUT2D eigenvalue weighted by molar-refractivity contribution is 0.0428. The lowest BCUT2D eigenvalue weighted by Crippen LogP contribution is -2.31. The van der Waals surface area contributed by atoms with Crippen LogP contribution in [0, 0.1) is 0 Å². The molecule has 5 heteroatoms.